The molecular weight excluding hydrogens is 283 g/mol. The smallest absolute Gasteiger partial charge is 0.0761 e. The maximum Gasteiger partial charge on any atom is 0.0761 e. The highest BCUT2D eigenvalue weighted by Crippen LogP contribution is 2.28. The van der Waals surface area contributed by atoms with Gasteiger partial charge in [0.05, 0.1) is 6.10 Å². The first-order valence-electron chi connectivity index (χ1n) is 5.51. The molecule has 2 aromatic carbocycles. The van der Waals surface area contributed by atoms with Crippen LogP contribution in [0.1, 0.15) is 18.6 Å². The zero-order valence-electron chi connectivity index (χ0n) is 10.5. The molecule has 0 radical (unpaired) electrons. The van der Waals surface area contributed by atoms with E-state index in [-0.39, 0.29) is 24.8 Å². The van der Waals surface area contributed by atoms with Crippen LogP contribution >= 0.6 is 24.8 Å². The third-order valence-electron chi connectivity index (χ3n) is 2.78. The van der Waals surface area contributed by atoms with Gasteiger partial charge in [0.1, 0.15) is 0 Å². The molecule has 0 saturated heterocycles. The molecule has 104 valence electrons. The van der Waals surface area contributed by atoms with Gasteiger partial charge in [0.2, 0.25) is 0 Å². The van der Waals surface area contributed by atoms with Gasteiger partial charge in [-0.3, -0.25) is 0 Å². The minimum absolute atomic E-state index is 0. The van der Waals surface area contributed by atoms with Crippen LogP contribution in [0.3, 0.4) is 0 Å². The number of hydrogen-bond acceptors (Lipinski definition) is 3. The molecule has 0 aromatic heterocycles. The first kappa shape index (κ1) is 17.6. The Morgan fingerprint density at radius 3 is 2.05 bits per heavy atom. The summed E-state index contributed by atoms with van der Waals surface area (Å²) in [5, 5.41) is 9.44. The molecule has 0 aliphatic heterocycles. The number of nitrogen functional groups attached to an aromatic ring is 2. The molecule has 1 atom stereocenters. The van der Waals surface area contributed by atoms with Crippen molar-refractivity contribution >= 4 is 36.2 Å². The summed E-state index contributed by atoms with van der Waals surface area (Å²) in [6.45, 7) is 1.74. The summed E-state index contributed by atoms with van der Waals surface area (Å²) in [4.78, 5) is 0. The van der Waals surface area contributed by atoms with Gasteiger partial charge in [0.15, 0.2) is 0 Å². The van der Waals surface area contributed by atoms with Crippen molar-refractivity contribution in [3.63, 3.8) is 0 Å². The van der Waals surface area contributed by atoms with Crippen LogP contribution in [0.25, 0.3) is 11.1 Å². The second kappa shape index (κ2) is 7.24. The number of nitrogens with two attached hydrogens (primary N) is 2. The maximum absolute atomic E-state index is 9.44. The molecule has 0 amide bonds. The summed E-state index contributed by atoms with van der Waals surface area (Å²) in [6.07, 6.45) is -0.456. The van der Waals surface area contributed by atoms with Crippen molar-refractivity contribution in [3.8, 4) is 11.1 Å². The molecular formula is C14H18Cl2N2O. The van der Waals surface area contributed by atoms with Crippen LogP contribution in [0.5, 0.6) is 0 Å². The molecule has 0 bridgehead atoms. The summed E-state index contributed by atoms with van der Waals surface area (Å²) >= 11 is 0. The fraction of sp³-hybridized carbons (Fsp3) is 0.143. The minimum Gasteiger partial charge on any atom is -0.399 e. The molecule has 2 aromatic rings. The number of hydrogen-bond donors (Lipinski definition) is 3. The molecule has 0 aliphatic carbocycles. The predicted octanol–water partition coefficient (Wildman–Crippen LogP) is 3.41. The summed E-state index contributed by atoms with van der Waals surface area (Å²) < 4.78 is 0. The highest BCUT2D eigenvalue weighted by atomic mass is 35.5. The van der Waals surface area contributed by atoms with Crippen LogP contribution < -0.4 is 11.5 Å². The Morgan fingerprint density at radius 2 is 1.53 bits per heavy atom. The van der Waals surface area contributed by atoms with Gasteiger partial charge in [-0.15, -0.1) is 24.8 Å². The number of halogens is 2. The summed E-state index contributed by atoms with van der Waals surface area (Å²) in [5.41, 5.74) is 15.9. The van der Waals surface area contributed by atoms with Crippen molar-refractivity contribution < 1.29 is 5.11 Å². The van der Waals surface area contributed by atoms with Crippen LogP contribution in [0.15, 0.2) is 42.5 Å². The van der Waals surface area contributed by atoms with Crippen molar-refractivity contribution in [1.82, 2.24) is 0 Å². The van der Waals surface area contributed by atoms with Gasteiger partial charge in [-0.2, -0.15) is 0 Å². The van der Waals surface area contributed by atoms with Gasteiger partial charge in [0, 0.05) is 16.9 Å². The topological polar surface area (TPSA) is 72.3 Å². The first-order chi connectivity index (χ1) is 8.08. The van der Waals surface area contributed by atoms with Gasteiger partial charge in [-0.05, 0) is 36.2 Å². The second-order valence-corrected chi connectivity index (χ2v) is 4.14. The van der Waals surface area contributed by atoms with E-state index >= 15 is 0 Å². The van der Waals surface area contributed by atoms with Crippen LogP contribution in [0.4, 0.5) is 11.4 Å². The number of aliphatic hydroxyl groups excluding tert-OH is 1. The number of anilines is 2. The van der Waals surface area contributed by atoms with E-state index in [9.17, 15) is 5.11 Å². The van der Waals surface area contributed by atoms with Gasteiger partial charge < -0.3 is 16.6 Å². The minimum atomic E-state index is -0.456. The monoisotopic (exact) mass is 300 g/mol. The largest absolute Gasteiger partial charge is 0.399 e. The second-order valence-electron chi connectivity index (χ2n) is 4.14. The summed E-state index contributed by atoms with van der Waals surface area (Å²) in [5.74, 6) is 0. The van der Waals surface area contributed by atoms with Crippen molar-refractivity contribution in [1.29, 1.82) is 0 Å². The summed E-state index contributed by atoms with van der Waals surface area (Å²) in [7, 11) is 0. The van der Waals surface area contributed by atoms with E-state index in [4.69, 9.17) is 11.5 Å². The SMILES string of the molecule is CC(O)c1ccc(-c2cc(N)ccc2N)cc1.Cl.Cl. The quantitative estimate of drug-likeness (QED) is 0.744. The molecule has 0 heterocycles. The molecule has 0 fully saturated rings. The Morgan fingerprint density at radius 1 is 0.947 bits per heavy atom. The van der Waals surface area contributed by atoms with Gasteiger partial charge in [-0.25, -0.2) is 0 Å². The van der Waals surface area contributed by atoms with E-state index < -0.39 is 6.10 Å². The third-order valence-corrected chi connectivity index (χ3v) is 2.78. The molecule has 1 unspecified atom stereocenters. The van der Waals surface area contributed by atoms with Gasteiger partial charge in [0.25, 0.3) is 0 Å². The molecule has 5 N–H and O–H groups in total. The number of benzene rings is 2. The van der Waals surface area contributed by atoms with Crippen LogP contribution in [0, 0.1) is 0 Å². The number of aliphatic hydroxyl groups is 1. The Kier molecular flexibility index (Phi) is 6.70. The Labute approximate surface area is 125 Å². The maximum atomic E-state index is 9.44. The van der Waals surface area contributed by atoms with E-state index in [1.807, 2.05) is 30.3 Å². The van der Waals surface area contributed by atoms with E-state index in [0.29, 0.717) is 11.4 Å². The average molecular weight is 301 g/mol. The van der Waals surface area contributed by atoms with Crippen LogP contribution in [0.2, 0.25) is 0 Å². The zero-order chi connectivity index (χ0) is 12.4. The standard InChI is InChI=1S/C14H16N2O.2ClH/c1-9(17)10-2-4-11(5-3-10)13-8-12(15)6-7-14(13)16;;/h2-9,17H,15-16H2,1H3;2*1H. The van der Waals surface area contributed by atoms with Gasteiger partial charge >= 0.3 is 0 Å². The summed E-state index contributed by atoms with van der Waals surface area (Å²) in [6, 6.07) is 13.1. The van der Waals surface area contributed by atoms with Crippen molar-refractivity contribution in [3.05, 3.63) is 48.0 Å². The lowest BCUT2D eigenvalue weighted by Gasteiger charge is -2.09. The molecule has 0 aliphatic rings. The van der Waals surface area contributed by atoms with Crippen molar-refractivity contribution in [2.24, 2.45) is 0 Å². The Hall–Kier alpha value is -1.42. The fourth-order valence-corrected chi connectivity index (χ4v) is 1.77. The third kappa shape index (κ3) is 4.03. The number of rotatable bonds is 2. The highest BCUT2D eigenvalue weighted by molar-refractivity contribution is 5.85. The lowest BCUT2D eigenvalue weighted by Crippen LogP contribution is -1.94. The van der Waals surface area contributed by atoms with E-state index in [0.717, 1.165) is 16.7 Å². The molecule has 0 spiro atoms. The van der Waals surface area contributed by atoms with Crippen LogP contribution in [-0.2, 0) is 0 Å². The highest BCUT2D eigenvalue weighted by Gasteiger charge is 2.05. The molecule has 0 saturated carbocycles. The zero-order valence-corrected chi connectivity index (χ0v) is 12.2. The first-order valence-corrected chi connectivity index (χ1v) is 5.51. The lowest BCUT2D eigenvalue weighted by molar-refractivity contribution is 0.199. The van der Waals surface area contributed by atoms with E-state index in [1.54, 1.807) is 19.1 Å². The molecule has 3 nitrogen and oxygen atoms in total. The van der Waals surface area contributed by atoms with Crippen LogP contribution in [-0.4, -0.2) is 5.11 Å². The molecule has 5 heteroatoms. The lowest BCUT2D eigenvalue weighted by atomic mass is 10.0. The van der Waals surface area contributed by atoms with Crippen molar-refractivity contribution in [2.75, 3.05) is 11.5 Å². The fourth-order valence-electron chi connectivity index (χ4n) is 1.77. The van der Waals surface area contributed by atoms with E-state index in [2.05, 4.69) is 0 Å². The normalized spacial score (nSPS) is 11.1. The molecule has 2 rings (SSSR count). The van der Waals surface area contributed by atoms with Crippen molar-refractivity contribution in [2.45, 2.75) is 13.0 Å². The predicted molar refractivity (Wildman–Crippen MR) is 85.8 cm³/mol. The average Bonchev–Trinajstić information content (AvgIpc) is 2.32. The Balaban J connectivity index is 0.00000162. The van der Waals surface area contributed by atoms with E-state index in [1.165, 1.54) is 0 Å². The Bertz CT molecular complexity index is 527. The molecule has 19 heavy (non-hydrogen) atoms. The van der Waals surface area contributed by atoms with Gasteiger partial charge in [-0.1, -0.05) is 24.3 Å².